The lowest BCUT2D eigenvalue weighted by atomic mass is 9.99. The van der Waals surface area contributed by atoms with Gasteiger partial charge in [-0.2, -0.15) is 0 Å². The van der Waals surface area contributed by atoms with Gasteiger partial charge in [0.1, 0.15) is 11.6 Å². The molecule has 15 heavy (non-hydrogen) atoms. The molecule has 1 fully saturated rings. The summed E-state index contributed by atoms with van der Waals surface area (Å²) in [5, 5.41) is 8.43. The van der Waals surface area contributed by atoms with Gasteiger partial charge < -0.3 is 15.0 Å². The second kappa shape index (κ2) is 4.72. The van der Waals surface area contributed by atoms with Crippen LogP contribution in [0.3, 0.4) is 0 Å². The molecule has 0 unspecified atom stereocenters. The van der Waals surface area contributed by atoms with E-state index in [1.54, 1.807) is 0 Å². The van der Waals surface area contributed by atoms with Crippen molar-refractivity contribution in [3.8, 4) is 0 Å². The second-order valence-electron chi connectivity index (χ2n) is 3.96. The van der Waals surface area contributed by atoms with E-state index >= 15 is 0 Å². The van der Waals surface area contributed by atoms with Crippen molar-refractivity contribution in [3.05, 3.63) is 11.6 Å². The Morgan fingerprint density at radius 2 is 2.13 bits per heavy atom. The topological polar surface area (TPSA) is 66.0 Å². The van der Waals surface area contributed by atoms with Crippen LogP contribution in [0.1, 0.15) is 30.4 Å². The van der Waals surface area contributed by atoms with Crippen molar-refractivity contribution in [1.29, 1.82) is 0 Å². The van der Waals surface area contributed by atoms with Crippen molar-refractivity contribution in [1.82, 2.24) is 14.8 Å². The third-order valence-corrected chi connectivity index (χ3v) is 2.95. The van der Waals surface area contributed by atoms with Crippen LogP contribution in [0, 0.1) is 0 Å². The van der Waals surface area contributed by atoms with Gasteiger partial charge in [-0.05, 0) is 19.4 Å². The first-order chi connectivity index (χ1) is 7.33. The third kappa shape index (κ3) is 2.18. The molecule has 0 saturated carbocycles. The van der Waals surface area contributed by atoms with Gasteiger partial charge in [0.05, 0.1) is 0 Å². The van der Waals surface area contributed by atoms with E-state index in [0.29, 0.717) is 12.5 Å². The van der Waals surface area contributed by atoms with Gasteiger partial charge >= 0.3 is 0 Å². The Kier molecular flexibility index (Phi) is 3.33. The van der Waals surface area contributed by atoms with Gasteiger partial charge in [0, 0.05) is 32.6 Å². The SMILES string of the molecule is Cn1c(CCN)nnc1C1CCOCC1. The molecule has 0 bridgehead atoms. The van der Waals surface area contributed by atoms with Crippen molar-refractivity contribution in [2.45, 2.75) is 25.2 Å². The van der Waals surface area contributed by atoms with Crippen LogP contribution in [-0.2, 0) is 18.2 Å². The van der Waals surface area contributed by atoms with Crippen molar-refractivity contribution in [2.24, 2.45) is 12.8 Å². The fraction of sp³-hybridized carbons (Fsp3) is 0.800. The Bertz CT molecular complexity index is 317. The second-order valence-corrected chi connectivity index (χ2v) is 3.96. The zero-order valence-corrected chi connectivity index (χ0v) is 9.15. The van der Waals surface area contributed by atoms with E-state index in [9.17, 15) is 0 Å². The van der Waals surface area contributed by atoms with E-state index in [1.807, 2.05) is 7.05 Å². The maximum atomic E-state index is 5.52. The van der Waals surface area contributed by atoms with Gasteiger partial charge in [0.2, 0.25) is 0 Å². The van der Waals surface area contributed by atoms with E-state index < -0.39 is 0 Å². The van der Waals surface area contributed by atoms with E-state index in [4.69, 9.17) is 10.5 Å². The number of ether oxygens (including phenoxy) is 1. The highest BCUT2D eigenvalue weighted by Crippen LogP contribution is 2.25. The lowest BCUT2D eigenvalue weighted by Crippen LogP contribution is -2.18. The number of nitrogens with two attached hydrogens (primary N) is 1. The Morgan fingerprint density at radius 1 is 1.40 bits per heavy atom. The molecule has 0 radical (unpaired) electrons. The fourth-order valence-corrected chi connectivity index (χ4v) is 2.03. The molecule has 2 rings (SSSR count). The molecule has 1 aliphatic rings. The molecule has 5 nitrogen and oxygen atoms in total. The smallest absolute Gasteiger partial charge is 0.136 e. The van der Waals surface area contributed by atoms with E-state index in [-0.39, 0.29) is 0 Å². The summed E-state index contributed by atoms with van der Waals surface area (Å²) in [6.45, 7) is 2.30. The number of hydrogen-bond donors (Lipinski definition) is 1. The highest BCUT2D eigenvalue weighted by Gasteiger charge is 2.21. The Balaban J connectivity index is 2.13. The Hall–Kier alpha value is -0.940. The number of rotatable bonds is 3. The number of nitrogens with zero attached hydrogens (tertiary/aromatic N) is 3. The minimum atomic E-state index is 0.503. The van der Waals surface area contributed by atoms with Crippen LogP contribution >= 0.6 is 0 Å². The van der Waals surface area contributed by atoms with Gasteiger partial charge in [0.25, 0.3) is 0 Å². The molecule has 1 aliphatic heterocycles. The molecule has 1 aromatic rings. The minimum absolute atomic E-state index is 0.503. The molecule has 2 heterocycles. The minimum Gasteiger partial charge on any atom is -0.381 e. The summed E-state index contributed by atoms with van der Waals surface area (Å²) in [7, 11) is 2.02. The van der Waals surface area contributed by atoms with Crippen LogP contribution in [0.25, 0.3) is 0 Å². The van der Waals surface area contributed by atoms with Gasteiger partial charge in [-0.1, -0.05) is 0 Å². The zero-order valence-electron chi connectivity index (χ0n) is 9.15. The summed E-state index contributed by atoms with van der Waals surface area (Å²) >= 11 is 0. The standard InChI is InChI=1S/C10H18N4O/c1-14-9(2-5-11)12-13-10(14)8-3-6-15-7-4-8/h8H,2-7,11H2,1H3. The average Bonchev–Trinajstić information content (AvgIpc) is 2.63. The normalized spacial score (nSPS) is 18.3. The van der Waals surface area contributed by atoms with Gasteiger partial charge in [0.15, 0.2) is 0 Å². The number of hydrogen-bond acceptors (Lipinski definition) is 4. The van der Waals surface area contributed by atoms with Crippen LogP contribution in [0.15, 0.2) is 0 Å². The van der Waals surface area contributed by atoms with Crippen LogP contribution in [0.4, 0.5) is 0 Å². The maximum Gasteiger partial charge on any atom is 0.136 e. The molecule has 0 aromatic carbocycles. The molecule has 1 aromatic heterocycles. The van der Waals surface area contributed by atoms with E-state index in [0.717, 1.165) is 44.1 Å². The zero-order chi connectivity index (χ0) is 10.7. The van der Waals surface area contributed by atoms with Gasteiger partial charge in [-0.3, -0.25) is 0 Å². The van der Waals surface area contributed by atoms with E-state index in [1.165, 1.54) is 0 Å². The molecule has 0 spiro atoms. The van der Waals surface area contributed by atoms with Crippen molar-refractivity contribution in [3.63, 3.8) is 0 Å². The number of aromatic nitrogens is 3. The first kappa shape index (κ1) is 10.6. The molecule has 5 heteroatoms. The molecule has 0 aliphatic carbocycles. The molecule has 0 atom stereocenters. The van der Waals surface area contributed by atoms with Crippen molar-refractivity contribution >= 4 is 0 Å². The molecule has 84 valence electrons. The summed E-state index contributed by atoms with van der Waals surface area (Å²) in [5.74, 6) is 2.57. The van der Waals surface area contributed by atoms with E-state index in [2.05, 4.69) is 14.8 Å². The highest BCUT2D eigenvalue weighted by atomic mass is 16.5. The first-order valence-electron chi connectivity index (χ1n) is 5.49. The largest absolute Gasteiger partial charge is 0.381 e. The van der Waals surface area contributed by atoms with Crippen molar-refractivity contribution < 1.29 is 4.74 Å². The molecular formula is C10H18N4O. The molecule has 2 N–H and O–H groups in total. The van der Waals surface area contributed by atoms with Gasteiger partial charge in [-0.25, -0.2) is 0 Å². The summed E-state index contributed by atoms with van der Waals surface area (Å²) in [6, 6.07) is 0. The average molecular weight is 210 g/mol. The Labute approximate surface area is 89.6 Å². The molecule has 0 amide bonds. The predicted molar refractivity (Wildman–Crippen MR) is 56.6 cm³/mol. The third-order valence-electron chi connectivity index (χ3n) is 2.95. The molecule has 1 saturated heterocycles. The lowest BCUT2D eigenvalue weighted by Gasteiger charge is -2.21. The fourth-order valence-electron chi connectivity index (χ4n) is 2.03. The van der Waals surface area contributed by atoms with Crippen LogP contribution in [0.2, 0.25) is 0 Å². The van der Waals surface area contributed by atoms with Crippen molar-refractivity contribution in [2.75, 3.05) is 19.8 Å². The predicted octanol–water partition coefficient (Wildman–Crippen LogP) is 0.210. The van der Waals surface area contributed by atoms with Crippen LogP contribution < -0.4 is 5.73 Å². The molecular weight excluding hydrogens is 192 g/mol. The summed E-state index contributed by atoms with van der Waals surface area (Å²) in [5.41, 5.74) is 5.52. The lowest BCUT2D eigenvalue weighted by molar-refractivity contribution is 0.0829. The monoisotopic (exact) mass is 210 g/mol. The Morgan fingerprint density at radius 3 is 2.80 bits per heavy atom. The van der Waals surface area contributed by atoms with Gasteiger partial charge in [-0.15, -0.1) is 10.2 Å². The summed E-state index contributed by atoms with van der Waals surface area (Å²) in [4.78, 5) is 0. The summed E-state index contributed by atoms with van der Waals surface area (Å²) < 4.78 is 7.42. The first-order valence-corrected chi connectivity index (χ1v) is 5.49. The van der Waals surface area contributed by atoms with Crippen LogP contribution in [-0.4, -0.2) is 34.5 Å². The quantitative estimate of drug-likeness (QED) is 0.774. The highest BCUT2D eigenvalue weighted by molar-refractivity contribution is 5.02. The van der Waals surface area contributed by atoms with Crippen LogP contribution in [0.5, 0.6) is 0 Å². The maximum absolute atomic E-state index is 5.52. The summed E-state index contributed by atoms with van der Waals surface area (Å²) in [6.07, 6.45) is 2.90.